The monoisotopic (exact) mass is 327 g/mol. The summed E-state index contributed by atoms with van der Waals surface area (Å²) in [5, 5.41) is 7.21. The van der Waals surface area contributed by atoms with Gasteiger partial charge in [0.15, 0.2) is 0 Å². The minimum atomic E-state index is -0.00604. The Morgan fingerprint density at radius 1 is 1.33 bits per heavy atom. The van der Waals surface area contributed by atoms with Crippen molar-refractivity contribution >= 4 is 6.03 Å². The molecule has 2 heterocycles. The molecule has 1 fully saturated rings. The van der Waals surface area contributed by atoms with Crippen molar-refractivity contribution in [1.82, 2.24) is 15.4 Å². The third kappa shape index (κ3) is 3.96. The molecular weight excluding hydrogens is 302 g/mol. The number of likely N-dealkylation sites (tertiary alicyclic amines) is 1. The van der Waals surface area contributed by atoms with Gasteiger partial charge in [-0.25, -0.2) is 4.79 Å². The van der Waals surface area contributed by atoms with Crippen LogP contribution >= 0.6 is 0 Å². The van der Waals surface area contributed by atoms with Crippen LogP contribution in [0.5, 0.6) is 0 Å². The third-order valence-electron chi connectivity index (χ3n) is 4.46. The molecule has 0 radical (unpaired) electrons. The van der Waals surface area contributed by atoms with Gasteiger partial charge < -0.3 is 14.7 Å². The van der Waals surface area contributed by atoms with Crippen LogP contribution < -0.4 is 5.32 Å². The fourth-order valence-electron chi connectivity index (χ4n) is 3.23. The second kappa shape index (κ2) is 7.99. The van der Waals surface area contributed by atoms with Gasteiger partial charge in [0.25, 0.3) is 0 Å². The van der Waals surface area contributed by atoms with Crippen LogP contribution in [0.3, 0.4) is 0 Å². The number of urea groups is 1. The largest absolute Gasteiger partial charge is 0.361 e. The zero-order valence-corrected chi connectivity index (χ0v) is 14.2. The van der Waals surface area contributed by atoms with E-state index in [9.17, 15) is 4.79 Å². The van der Waals surface area contributed by atoms with E-state index >= 15 is 0 Å². The van der Waals surface area contributed by atoms with Crippen molar-refractivity contribution in [3.63, 3.8) is 0 Å². The number of aryl methyl sites for hydroxylation is 1. The summed E-state index contributed by atoms with van der Waals surface area (Å²) in [5.41, 5.74) is 2.12. The van der Waals surface area contributed by atoms with Gasteiger partial charge in [-0.2, -0.15) is 0 Å². The molecule has 24 heavy (non-hydrogen) atoms. The van der Waals surface area contributed by atoms with Crippen LogP contribution in [0, 0.1) is 0 Å². The van der Waals surface area contributed by atoms with Crippen LogP contribution in [0.15, 0.2) is 40.9 Å². The highest BCUT2D eigenvalue weighted by atomic mass is 16.5. The topological polar surface area (TPSA) is 58.4 Å². The van der Waals surface area contributed by atoms with Crippen molar-refractivity contribution in [1.29, 1.82) is 0 Å². The van der Waals surface area contributed by atoms with Gasteiger partial charge in [0.1, 0.15) is 11.5 Å². The molecule has 5 heteroatoms. The first-order valence-electron chi connectivity index (χ1n) is 8.82. The van der Waals surface area contributed by atoms with Crippen LogP contribution in [0.2, 0.25) is 0 Å². The SMILES string of the molecule is CCCc1cc(C2CCCN2C(=O)NCCc2ccccc2)no1. The lowest BCUT2D eigenvalue weighted by atomic mass is 10.1. The van der Waals surface area contributed by atoms with Crippen LogP contribution in [-0.2, 0) is 12.8 Å². The first-order chi connectivity index (χ1) is 11.8. The summed E-state index contributed by atoms with van der Waals surface area (Å²) < 4.78 is 5.38. The molecule has 1 aromatic carbocycles. The Morgan fingerprint density at radius 2 is 2.17 bits per heavy atom. The van der Waals surface area contributed by atoms with E-state index in [0.29, 0.717) is 6.54 Å². The maximum atomic E-state index is 12.5. The molecule has 1 aliphatic heterocycles. The summed E-state index contributed by atoms with van der Waals surface area (Å²) in [6.45, 7) is 3.54. The molecule has 1 N–H and O–H groups in total. The van der Waals surface area contributed by atoms with Gasteiger partial charge >= 0.3 is 6.03 Å². The fourth-order valence-corrected chi connectivity index (χ4v) is 3.23. The predicted molar refractivity (Wildman–Crippen MR) is 92.7 cm³/mol. The first-order valence-corrected chi connectivity index (χ1v) is 8.82. The Balaban J connectivity index is 1.55. The average molecular weight is 327 g/mol. The standard InChI is InChI=1S/C19H25N3O2/c1-2-7-16-14-17(21-24-16)18-10-6-13-22(18)19(23)20-12-11-15-8-4-3-5-9-15/h3-5,8-9,14,18H,2,6-7,10-13H2,1H3,(H,20,23). The van der Waals surface area contributed by atoms with Crippen molar-refractivity contribution in [2.75, 3.05) is 13.1 Å². The fraction of sp³-hybridized carbons (Fsp3) is 0.474. The number of amides is 2. The van der Waals surface area contributed by atoms with Crippen molar-refractivity contribution in [3.05, 3.63) is 53.4 Å². The lowest BCUT2D eigenvalue weighted by molar-refractivity contribution is 0.191. The highest BCUT2D eigenvalue weighted by molar-refractivity contribution is 5.75. The molecular formula is C19H25N3O2. The smallest absolute Gasteiger partial charge is 0.317 e. The summed E-state index contributed by atoms with van der Waals surface area (Å²) in [6, 6.07) is 12.2. The number of rotatable bonds is 6. The third-order valence-corrected chi connectivity index (χ3v) is 4.46. The molecule has 0 saturated carbocycles. The summed E-state index contributed by atoms with van der Waals surface area (Å²) >= 11 is 0. The molecule has 1 atom stereocenters. The van der Waals surface area contributed by atoms with E-state index in [1.54, 1.807) is 0 Å². The molecule has 1 saturated heterocycles. The van der Waals surface area contributed by atoms with E-state index in [4.69, 9.17) is 4.52 Å². The van der Waals surface area contributed by atoms with Crippen LogP contribution in [0.4, 0.5) is 4.79 Å². The zero-order chi connectivity index (χ0) is 16.8. The summed E-state index contributed by atoms with van der Waals surface area (Å²) in [7, 11) is 0. The number of hydrogen-bond donors (Lipinski definition) is 1. The van der Waals surface area contributed by atoms with E-state index < -0.39 is 0 Å². The predicted octanol–water partition coefficient (Wildman–Crippen LogP) is 3.72. The van der Waals surface area contributed by atoms with Gasteiger partial charge in [0, 0.05) is 25.6 Å². The van der Waals surface area contributed by atoms with Gasteiger partial charge in [-0.1, -0.05) is 42.4 Å². The Morgan fingerprint density at radius 3 is 2.96 bits per heavy atom. The van der Waals surface area contributed by atoms with Crippen molar-refractivity contribution < 1.29 is 9.32 Å². The molecule has 128 valence electrons. The molecule has 2 amide bonds. The molecule has 0 aliphatic carbocycles. The molecule has 1 aliphatic rings. The second-order valence-corrected chi connectivity index (χ2v) is 6.29. The summed E-state index contributed by atoms with van der Waals surface area (Å²) in [6.07, 6.45) is 4.72. The molecule has 1 unspecified atom stereocenters. The number of benzene rings is 1. The number of carbonyl (C=O) groups is 1. The Labute approximate surface area is 143 Å². The molecule has 3 rings (SSSR count). The average Bonchev–Trinajstić information content (AvgIpc) is 3.25. The minimum absolute atomic E-state index is 0.00604. The Bertz CT molecular complexity index is 654. The van der Waals surface area contributed by atoms with E-state index in [2.05, 4.69) is 29.5 Å². The van der Waals surface area contributed by atoms with Gasteiger partial charge in [-0.15, -0.1) is 0 Å². The maximum Gasteiger partial charge on any atom is 0.317 e. The Kier molecular flexibility index (Phi) is 5.51. The van der Waals surface area contributed by atoms with Gasteiger partial charge in [-0.3, -0.25) is 0 Å². The van der Waals surface area contributed by atoms with Crippen LogP contribution in [0.25, 0.3) is 0 Å². The Hall–Kier alpha value is -2.30. The lowest BCUT2D eigenvalue weighted by Gasteiger charge is -2.23. The lowest BCUT2D eigenvalue weighted by Crippen LogP contribution is -2.40. The minimum Gasteiger partial charge on any atom is -0.361 e. The van der Waals surface area contributed by atoms with Crippen molar-refractivity contribution in [3.8, 4) is 0 Å². The molecule has 1 aromatic heterocycles. The summed E-state index contributed by atoms with van der Waals surface area (Å²) in [4.78, 5) is 14.4. The number of nitrogens with one attached hydrogen (secondary N) is 1. The molecule has 2 aromatic rings. The van der Waals surface area contributed by atoms with Crippen LogP contribution in [0.1, 0.15) is 49.2 Å². The quantitative estimate of drug-likeness (QED) is 0.880. The maximum absolute atomic E-state index is 12.5. The number of hydrogen-bond acceptors (Lipinski definition) is 3. The van der Waals surface area contributed by atoms with E-state index in [0.717, 1.165) is 50.1 Å². The van der Waals surface area contributed by atoms with Gasteiger partial charge in [0.2, 0.25) is 0 Å². The molecule has 5 nitrogen and oxygen atoms in total. The highest BCUT2D eigenvalue weighted by Crippen LogP contribution is 2.31. The molecule has 0 spiro atoms. The number of carbonyl (C=O) groups excluding carboxylic acids is 1. The van der Waals surface area contributed by atoms with E-state index in [1.165, 1.54) is 5.56 Å². The first kappa shape index (κ1) is 16.6. The van der Waals surface area contributed by atoms with Crippen molar-refractivity contribution in [2.24, 2.45) is 0 Å². The van der Waals surface area contributed by atoms with E-state index in [-0.39, 0.29) is 12.1 Å². The van der Waals surface area contributed by atoms with Crippen molar-refractivity contribution in [2.45, 2.75) is 45.1 Å². The second-order valence-electron chi connectivity index (χ2n) is 6.29. The number of aromatic nitrogens is 1. The van der Waals surface area contributed by atoms with E-state index in [1.807, 2.05) is 29.2 Å². The summed E-state index contributed by atoms with van der Waals surface area (Å²) in [5.74, 6) is 0.906. The number of nitrogens with zero attached hydrogens (tertiary/aromatic N) is 2. The normalized spacial score (nSPS) is 17.2. The molecule has 0 bridgehead atoms. The van der Waals surface area contributed by atoms with Crippen LogP contribution in [-0.4, -0.2) is 29.2 Å². The van der Waals surface area contributed by atoms with Gasteiger partial charge in [-0.05, 0) is 31.2 Å². The zero-order valence-electron chi connectivity index (χ0n) is 14.2. The van der Waals surface area contributed by atoms with Gasteiger partial charge in [0.05, 0.1) is 6.04 Å². The highest BCUT2D eigenvalue weighted by Gasteiger charge is 2.32.